The molecule has 0 aliphatic rings. The molecule has 0 spiro atoms. The molecule has 0 aliphatic carbocycles. The first kappa shape index (κ1) is 16.5. The molecule has 4 nitrogen and oxygen atoms in total. The van der Waals surface area contributed by atoms with Crippen LogP contribution in [0.1, 0.15) is 23.6 Å². The van der Waals surface area contributed by atoms with Gasteiger partial charge in [-0.2, -0.15) is 0 Å². The van der Waals surface area contributed by atoms with Gasteiger partial charge in [0.1, 0.15) is 5.75 Å². The fourth-order valence-corrected chi connectivity index (χ4v) is 3.18. The largest absolute Gasteiger partial charge is 0.494 e. The Morgan fingerprint density at radius 1 is 1.05 bits per heavy atom. The molecule has 0 saturated carbocycles. The topological polar surface area (TPSA) is 55.4 Å². The first-order valence-electron chi connectivity index (χ1n) is 7.21. The van der Waals surface area contributed by atoms with Crippen LogP contribution in [0.5, 0.6) is 5.75 Å². The molecule has 0 aromatic heterocycles. The highest BCUT2D eigenvalue weighted by Gasteiger charge is 2.15. The fraction of sp³-hybridized carbons (Fsp3) is 0.294. The summed E-state index contributed by atoms with van der Waals surface area (Å²) in [4.78, 5) is 0.251. The lowest BCUT2D eigenvalue weighted by atomic mass is 10.2. The Labute approximate surface area is 132 Å². The Kier molecular flexibility index (Phi) is 5.21. The summed E-state index contributed by atoms with van der Waals surface area (Å²) in [6.07, 6.45) is 0. The lowest BCUT2D eigenvalue weighted by Gasteiger charge is -2.11. The Balaban J connectivity index is 2.13. The van der Waals surface area contributed by atoms with Crippen molar-refractivity contribution >= 4 is 10.0 Å². The zero-order valence-electron chi connectivity index (χ0n) is 13.1. The summed E-state index contributed by atoms with van der Waals surface area (Å²) in [7, 11) is -3.53. The van der Waals surface area contributed by atoms with Crippen LogP contribution in [-0.2, 0) is 16.6 Å². The minimum Gasteiger partial charge on any atom is -0.494 e. The maximum absolute atomic E-state index is 12.3. The van der Waals surface area contributed by atoms with E-state index in [9.17, 15) is 8.42 Å². The lowest BCUT2D eigenvalue weighted by molar-refractivity contribution is 0.337. The van der Waals surface area contributed by atoms with Gasteiger partial charge in [-0.1, -0.05) is 29.8 Å². The first-order chi connectivity index (χ1) is 10.4. The van der Waals surface area contributed by atoms with Gasteiger partial charge in [0, 0.05) is 6.54 Å². The molecule has 2 aromatic carbocycles. The number of benzene rings is 2. The average Bonchev–Trinajstić information content (AvgIpc) is 2.49. The highest BCUT2D eigenvalue weighted by Crippen LogP contribution is 2.21. The van der Waals surface area contributed by atoms with E-state index in [0.29, 0.717) is 12.4 Å². The maximum atomic E-state index is 12.3. The highest BCUT2D eigenvalue weighted by atomic mass is 32.2. The van der Waals surface area contributed by atoms with E-state index in [-0.39, 0.29) is 11.4 Å². The fourth-order valence-electron chi connectivity index (χ4n) is 2.07. The van der Waals surface area contributed by atoms with Crippen molar-refractivity contribution in [1.82, 2.24) is 4.72 Å². The summed E-state index contributed by atoms with van der Waals surface area (Å²) >= 11 is 0. The number of hydrogen-bond acceptors (Lipinski definition) is 3. The second kappa shape index (κ2) is 6.94. The van der Waals surface area contributed by atoms with Gasteiger partial charge >= 0.3 is 0 Å². The van der Waals surface area contributed by atoms with Crippen LogP contribution in [-0.4, -0.2) is 15.0 Å². The maximum Gasteiger partial charge on any atom is 0.240 e. The normalized spacial score (nSPS) is 11.4. The van der Waals surface area contributed by atoms with Gasteiger partial charge in [-0.3, -0.25) is 0 Å². The van der Waals surface area contributed by atoms with Gasteiger partial charge in [0.2, 0.25) is 10.0 Å². The summed E-state index contributed by atoms with van der Waals surface area (Å²) < 4.78 is 32.7. The minimum atomic E-state index is -3.53. The van der Waals surface area contributed by atoms with Gasteiger partial charge in [-0.25, -0.2) is 13.1 Å². The third kappa shape index (κ3) is 4.08. The Hall–Kier alpha value is -1.85. The zero-order valence-corrected chi connectivity index (χ0v) is 13.9. The second-order valence-electron chi connectivity index (χ2n) is 5.17. The van der Waals surface area contributed by atoms with Crippen LogP contribution in [0.3, 0.4) is 0 Å². The van der Waals surface area contributed by atoms with E-state index in [1.165, 1.54) is 0 Å². The SMILES string of the molecule is CCOc1ccc(S(=O)(=O)NCc2ccc(C)cc2)cc1C. The van der Waals surface area contributed by atoms with Crippen LogP contribution in [0, 0.1) is 13.8 Å². The van der Waals surface area contributed by atoms with Crippen molar-refractivity contribution in [2.24, 2.45) is 0 Å². The molecule has 118 valence electrons. The molecule has 0 saturated heterocycles. The molecular weight excluding hydrogens is 298 g/mol. The van der Waals surface area contributed by atoms with E-state index in [4.69, 9.17) is 4.74 Å². The van der Waals surface area contributed by atoms with E-state index in [0.717, 1.165) is 16.7 Å². The zero-order chi connectivity index (χ0) is 16.2. The summed E-state index contributed by atoms with van der Waals surface area (Å²) in [6.45, 7) is 6.56. The van der Waals surface area contributed by atoms with Gasteiger partial charge in [0.15, 0.2) is 0 Å². The molecule has 2 aromatic rings. The van der Waals surface area contributed by atoms with Gasteiger partial charge in [-0.15, -0.1) is 0 Å². The molecule has 0 aliphatic heterocycles. The van der Waals surface area contributed by atoms with Crippen LogP contribution >= 0.6 is 0 Å². The Morgan fingerprint density at radius 3 is 2.32 bits per heavy atom. The predicted molar refractivity (Wildman–Crippen MR) is 87.6 cm³/mol. The smallest absolute Gasteiger partial charge is 0.240 e. The standard InChI is InChI=1S/C17H21NO3S/c1-4-21-17-10-9-16(11-14(17)3)22(19,20)18-12-15-7-5-13(2)6-8-15/h5-11,18H,4,12H2,1-3H3. The Bertz CT molecular complexity index is 737. The number of rotatable bonds is 6. The minimum absolute atomic E-state index is 0.251. The molecule has 0 atom stereocenters. The lowest BCUT2D eigenvalue weighted by Crippen LogP contribution is -2.23. The van der Waals surface area contributed by atoms with Crippen LogP contribution in [0.25, 0.3) is 0 Å². The van der Waals surface area contributed by atoms with Crippen molar-refractivity contribution in [2.75, 3.05) is 6.61 Å². The van der Waals surface area contributed by atoms with Gasteiger partial charge < -0.3 is 4.74 Å². The average molecular weight is 319 g/mol. The summed E-state index contributed by atoms with van der Waals surface area (Å²) in [6, 6.07) is 12.6. The van der Waals surface area contributed by atoms with Crippen LogP contribution in [0.15, 0.2) is 47.4 Å². The van der Waals surface area contributed by atoms with Gasteiger partial charge in [-0.05, 0) is 50.1 Å². The molecule has 0 fully saturated rings. The Morgan fingerprint density at radius 2 is 1.73 bits per heavy atom. The van der Waals surface area contributed by atoms with E-state index in [1.807, 2.05) is 45.0 Å². The molecule has 22 heavy (non-hydrogen) atoms. The third-order valence-corrected chi connectivity index (χ3v) is 4.74. The van der Waals surface area contributed by atoms with Crippen molar-refractivity contribution < 1.29 is 13.2 Å². The van der Waals surface area contributed by atoms with Crippen LogP contribution < -0.4 is 9.46 Å². The monoisotopic (exact) mass is 319 g/mol. The molecule has 0 amide bonds. The highest BCUT2D eigenvalue weighted by molar-refractivity contribution is 7.89. The molecule has 5 heteroatoms. The molecule has 2 rings (SSSR count). The number of aryl methyl sites for hydroxylation is 2. The molecule has 0 bridgehead atoms. The molecule has 0 heterocycles. The third-order valence-electron chi connectivity index (χ3n) is 3.34. The van der Waals surface area contributed by atoms with Crippen molar-refractivity contribution in [1.29, 1.82) is 0 Å². The molecule has 0 unspecified atom stereocenters. The summed E-state index contributed by atoms with van der Waals surface area (Å²) in [5.41, 5.74) is 2.88. The van der Waals surface area contributed by atoms with Gasteiger partial charge in [0.05, 0.1) is 11.5 Å². The number of nitrogens with one attached hydrogen (secondary N) is 1. The van der Waals surface area contributed by atoms with E-state index >= 15 is 0 Å². The second-order valence-corrected chi connectivity index (χ2v) is 6.94. The number of hydrogen-bond donors (Lipinski definition) is 1. The van der Waals surface area contributed by atoms with Crippen molar-refractivity contribution in [2.45, 2.75) is 32.2 Å². The van der Waals surface area contributed by atoms with Crippen molar-refractivity contribution in [3.8, 4) is 5.75 Å². The summed E-state index contributed by atoms with van der Waals surface area (Å²) in [5.74, 6) is 0.708. The predicted octanol–water partition coefficient (Wildman–Crippen LogP) is 3.18. The van der Waals surface area contributed by atoms with Gasteiger partial charge in [0.25, 0.3) is 0 Å². The van der Waals surface area contributed by atoms with E-state index < -0.39 is 10.0 Å². The number of sulfonamides is 1. The first-order valence-corrected chi connectivity index (χ1v) is 8.69. The quantitative estimate of drug-likeness (QED) is 0.889. The molecule has 0 radical (unpaired) electrons. The van der Waals surface area contributed by atoms with E-state index in [2.05, 4.69) is 4.72 Å². The number of ether oxygens (including phenoxy) is 1. The van der Waals surface area contributed by atoms with Crippen molar-refractivity contribution in [3.05, 3.63) is 59.2 Å². The van der Waals surface area contributed by atoms with Crippen molar-refractivity contribution in [3.63, 3.8) is 0 Å². The van der Waals surface area contributed by atoms with Crippen LogP contribution in [0.4, 0.5) is 0 Å². The molecule has 1 N–H and O–H groups in total. The molecular formula is C17H21NO3S. The van der Waals surface area contributed by atoms with Crippen LogP contribution in [0.2, 0.25) is 0 Å². The van der Waals surface area contributed by atoms with E-state index in [1.54, 1.807) is 18.2 Å². The summed E-state index contributed by atoms with van der Waals surface area (Å²) in [5, 5.41) is 0.